The quantitative estimate of drug-likeness (QED) is 0.328. The smallest absolute Gasteiger partial charge is 0.191 e. The van der Waals surface area contributed by atoms with Crippen LogP contribution in [0.25, 0.3) is 0 Å². The van der Waals surface area contributed by atoms with Crippen molar-refractivity contribution in [2.45, 2.75) is 38.8 Å². The van der Waals surface area contributed by atoms with Crippen molar-refractivity contribution < 1.29 is 14.2 Å². The molecule has 1 heterocycles. The van der Waals surface area contributed by atoms with Crippen LogP contribution in [0.4, 0.5) is 0 Å². The Hall–Kier alpha value is -2.57. The van der Waals surface area contributed by atoms with Crippen LogP contribution < -0.4 is 15.4 Å². The van der Waals surface area contributed by atoms with Crippen molar-refractivity contribution in [1.82, 2.24) is 10.6 Å². The van der Waals surface area contributed by atoms with Gasteiger partial charge in [0.05, 0.1) is 19.8 Å². The first-order valence-electron chi connectivity index (χ1n) is 11.1. The van der Waals surface area contributed by atoms with Crippen molar-refractivity contribution in [3.8, 4) is 5.75 Å². The molecule has 1 aliphatic rings. The molecule has 1 aliphatic heterocycles. The maximum atomic E-state index is 6.18. The molecule has 2 N–H and O–H groups in total. The van der Waals surface area contributed by atoms with E-state index in [0.717, 1.165) is 62.9 Å². The molecule has 3 rings (SSSR count). The van der Waals surface area contributed by atoms with Gasteiger partial charge in [0.25, 0.3) is 0 Å². The number of nitrogens with zero attached hydrogens (tertiary/aromatic N) is 1. The molecule has 1 fully saturated rings. The van der Waals surface area contributed by atoms with Crippen molar-refractivity contribution in [2.24, 2.45) is 4.99 Å². The highest BCUT2D eigenvalue weighted by Gasteiger charge is 2.18. The van der Waals surface area contributed by atoms with Gasteiger partial charge in [-0.25, -0.2) is 0 Å². The van der Waals surface area contributed by atoms with Gasteiger partial charge in [-0.3, -0.25) is 4.99 Å². The second-order valence-electron chi connectivity index (χ2n) is 7.77. The van der Waals surface area contributed by atoms with E-state index in [2.05, 4.69) is 65.0 Å². The number of hydrogen-bond donors (Lipinski definition) is 2. The van der Waals surface area contributed by atoms with Gasteiger partial charge in [-0.15, -0.1) is 0 Å². The summed E-state index contributed by atoms with van der Waals surface area (Å²) in [5, 5.41) is 6.73. The summed E-state index contributed by atoms with van der Waals surface area (Å²) in [5.74, 6) is 1.70. The summed E-state index contributed by atoms with van der Waals surface area (Å²) < 4.78 is 17.4. The molecule has 0 bridgehead atoms. The van der Waals surface area contributed by atoms with Gasteiger partial charge in [-0.1, -0.05) is 42.5 Å². The lowest BCUT2D eigenvalue weighted by atomic mass is 10.1. The van der Waals surface area contributed by atoms with E-state index in [0.29, 0.717) is 13.2 Å². The molecule has 0 radical (unpaired) electrons. The molecule has 6 heteroatoms. The Morgan fingerprint density at radius 2 is 2.00 bits per heavy atom. The van der Waals surface area contributed by atoms with Crippen molar-refractivity contribution in [2.75, 3.05) is 40.0 Å². The van der Waals surface area contributed by atoms with Crippen LogP contribution in [-0.4, -0.2) is 52.1 Å². The maximum Gasteiger partial charge on any atom is 0.191 e. The fraction of sp³-hybridized carbons (Fsp3) is 0.480. The van der Waals surface area contributed by atoms with Crippen molar-refractivity contribution in [3.63, 3.8) is 0 Å². The van der Waals surface area contributed by atoms with E-state index in [-0.39, 0.29) is 6.10 Å². The van der Waals surface area contributed by atoms with Gasteiger partial charge >= 0.3 is 0 Å². The summed E-state index contributed by atoms with van der Waals surface area (Å²) in [5.41, 5.74) is 3.61. The Balaban J connectivity index is 1.34. The number of rotatable bonds is 11. The average molecular weight is 426 g/mol. The SMILES string of the molecule is CN=C(NCCCOCCc1ccccc1)NCc1ccc(C)cc1OC1CCOC1. The number of benzene rings is 2. The molecule has 1 atom stereocenters. The third-order valence-corrected chi connectivity index (χ3v) is 5.21. The standard InChI is InChI=1S/C25H35N3O3/c1-20-9-10-22(24(17-20)31-23-12-16-30-19-23)18-28-25(26-2)27-13-6-14-29-15-11-21-7-4-3-5-8-21/h3-5,7-10,17,23H,6,11-16,18-19H2,1-2H3,(H2,26,27,28). The molecule has 2 aromatic carbocycles. The lowest BCUT2D eigenvalue weighted by molar-refractivity contribution is 0.135. The van der Waals surface area contributed by atoms with Gasteiger partial charge in [0, 0.05) is 38.7 Å². The Labute approximate surface area is 186 Å². The minimum Gasteiger partial charge on any atom is -0.488 e. The van der Waals surface area contributed by atoms with Crippen LogP contribution in [0.1, 0.15) is 29.5 Å². The summed E-state index contributed by atoms with van der Waals surface area (Å²) in [7, 11) is 1.79. The Morgan fingerprint density at radius 3 is 2.77 bits per heavy atom. The van der Waals surface area contributed by atoms with E-state index in [1.54, 1.807) is 7.05 Å². The maximum absolute atomic E-state index is 6.18. The average Bonchev–Trinajstić information content (AvgIpc) is 3.30. The predicted molar refractivity (Wildman–Crippen MR) is 125 cm³/mol. The van der Waals surface area contributed by atoms with Crippen molar-refractivity contribution in [1.29, 1.82) is 0 Å². The first-order valence-corrected chi connectivity index (χ1v) is 11.1. The minimum absolute atomic E-state index is 0.139. The van der Waals surface area contributed by atoms with Crippen LogP contribution in [0.3, 0.4) is 0 Å². The third-order valence-electron chi connectivity index (χ3n) is 5.21. The topological polar surface area (TPSA) is 64.1 Å². The highest BCUT2D eigenvalue weighted by molar-refractivity contribution is 5.79. The number of aliphatic imine (C=N–C) groups is 1. The number of aryl methyl sites for hydroxylation is 1. The van der Waals surface area contributed by atoms with Crippen LogP contribution >= 0.6 is 0 Å². The van der Waals surface area contributed by atoms with Gasteiger partial charge in [0.1, 0.15) is 11.9 Å². The van der Waals surface area contributed by atoms with E-state index in [1.165, 1.54) is 11.1 Å². The first-order chi connectivity index (χ1) is 15.2. The van der Waals surface area contributed by atoms with E-state index in [9.17, 15) is 0 Å². The number of hydrogen-bond acceptors (Lipinski definition) is 4. The molecular weight excluding hydrogens is 390 g/mol. The molecule has 2 aromatic rings. The molecule has 0 aromatic heterocycles. The fourth-order valence-electron chi connectivity index (χ4n) is 3.42. The molecular formula is C25H35N3O3. The Morgan fingerprint density at radius 1 is 1.13 bits per heavy atom. The lowest BCUT2D eigenvalue weighted by Crippen LogP contribution is -2.37. The molecule has 1 saturated heterocycles. The molecule has 0 saturated carbocycles. The van der Waals surface area contributed by atoms with Crippen LogP contribution in [-0.2, 0) is 22.4 Å². The Kier molecular flexibility index (Phi) is 9.67. The molecule has 0 spiro atoms. The molecule has 0 amide bonds. The minimum atomic E-state index is 0.139. The summed E-state index contributed by atoms with van der Waals surface area (Å²) in [4.78, 5) is 4.32. The van der Waals surface area contributed by atoms with Crippen LogP contribution in [0.5, 0.6) is 5.75 Å². The number of guanidine groups is 1. The monoisotopic (exact) mass is 425 g/mol. The zero-order chi connectivity index (χ0) is 21.7. The largest absolute Gasteiger partial charge is 0.488 e. The van der Waals surface area contributed by atoms with E-state index >= 15 is 0 Å². The molecule has 0 aliphatic carbocycles. The van der Waals surface area contributed by atoms with Gasteiger partial charge in [-0.2, -0.15) is 0 Å². The summed E-state index contributed by atoms with van der Waals surface area (Å²) >= 11 is 0. The Bertz CT molecular complexity index is 805. The summed E-state index contributed by atoms with van der Waals surface area (Å²) in [6, 6.07) is 16.7. The normalized spacial score (nSPS) is 16.3. The number of nitrogens with one attached hydrogen (secondary N) is 2. The predicted octanol–water partition coefficient (Wildman–Crippen LogP) is 3.48. The molecule has 6 nitrogen and oxygen atoms in total. The van der Waals surface area contributed by atoms with Crippen LogP contribution in [0.15, 0.2) is 53.5 Å². The van der Waals surface area contributed by atoms with Gasteiger partial charge in [-0.05, 0) is 37.0 Å². The fourth-order valence-corrected chi connectivity index (χ4v) is 3.42. The molecule has 1 unspecified atom stereocenters. The third kappa shape index (κ3) is 8.23. The lowest BCUT2D eigenvalue weighted by Gasteiger charge is -2.18. The zero-order valence-electron chi connectivity index (χ0n) is 18.7. The second kappa shape index (κ2) is 13.0. The highest BCUT2D eigenvalue weighted by atomic mass is 16.5. The molecule has 168 valence electrons. The van der Waals surface area contributed by atoms with Crippen molar-refractivity contribution >= 4 is 5.96 Å². The zero-order valence-corrected chi connectivity index (χ0v) is 18.7. The summed E-state index contributed by atoms with van der Waals surface area (Å²) in [6.45, 7) is 6.46. The van der Waals surface area contributed by atoms with E-state index < -0.39 is 0 Å². The van der Waals surface area contributed by atoms with Gasteiger partial charge < -0.3 is 24.8 Å². The summed E-state index contributed by atoms with van der Waals surface area (Å²) in [6.07, 6.45) is 2.96. The number of ether oxygens (including phenoxy) is 3. The van der Waals surface area contributed by atoms with Crippen molar-refractivity contribution in [3.05, 3.63) is 65.2 Å². The van der Waals surface area contributed by atoms with Crippen LogP contribution in [0.2, 0.25) is 0 Å². The molecule has 31 heavy (non-hydrogen) atoms. The first kappa shape index (κ1) is 23.1. The highest BCUT2D eigenvalue weighted by Crippen LogP contribution is 2.23. The van der Waals surface area contributed by atoms with Gasteiger partial charge in [0.2, 0.25) is 0 Å². The van der Waals surface area contributed by atoms with Crippen LogP contribution in [0, 0.1) is 6.92 Å². The van der Waals surface area contributed by atoms with E-state index in [4.69, 9.17) is 14.2 Å². The second-order valence-corrected chi connectivity index (χ2v) is 7.77. The van der Waals surface area contributed by atoms with Gasteiger partial charge in [0.15, 0.2) is 5.96 Å². The van der Waals surface area contributed by atoms with E-state index in [1.807, 2.05) is 6.07 Å².